The highest BCUT2D eigenvalue weighted by Gasteiger charge is 2.25. The maximum Gasteiger partial charge on any atom is 0.312 e. The average molecular weight is 288 g/mol. The fourth-order valence-electron chi connectivity index (χ4n) is 1.68. The molecule has 1 rings (SSSR count). The summed E-state index contributed by atoms with van der Waals surface area (Å²) < 4.78 is 0. The quantitative estimate of drug-likeness (QED) is 0.637. The molecule has 0 saturated heterocycles. The number of rotatable bonds is 6. The molecule has 8 heteroatoms. The number of nitro groups is 1. The molecular formula is C11H14ClN3O4. The van der Waals surface area contributed by atoms with E-state index in [1.165, 1.54) is 6.20 Å². The van der Waals surface area contributed by atoms with Crippen molar-refractivity contribution < 1.29 is 14.8 Å². The van der Waals surface area contributed by atoms with Crippen LogP contribution in [0.2, 0.25) is 5.02 Å². The van der Waals surface area contributed by atoms with Crippen molar-refractivity contribution >= 4 is 28.9 Å². The highest BCUT2D eigenvalue weighted by atomic mass is 35.5. The van der Waals surface area contributed by atoms with Crippen LogP contribution in [0.3, 0.4) is 0 Å². The van der Waals surface area contributed by atoms with Crippen molar-refractivity contribution in [2.24, 2.45) is 0 Å². The zero-order chi connectivity index (χ0) is 14.6. The van der Waals surface area contributed by atoms with Gasteiger partial charge in [0.15, 0.2) is 0 Å². The molecule has 0 spiro atoms. The Hall–Kier alpha value is -1.89. The number of pyridine rings is 1. The number of nitrogens with zero attached hydrogens (tertiary/aromatic N) is 3. The smallest absolute Gasteiger partial charge is 0.312 e. The highest BCUT2D eigenvalue weighted by molar-refractivity contribution is 6.33. The van der Waals surface area contributed by atoms with Crippen LogP contribution in [-0.4, -0.2) is 33.6 Å². The fraction of sp³-hybridized carbons (Fsp3) is 0.455. The molecule has 1 N–H and O–H groups in total. The molecule has 0 aliphatic rings. The molecular weight excluding hydrogens is 274 g/mol. The summed E-state index contributed by atoms with van der Waals surface area (Å²) in [5, 5.41) is 19.9. The number of carbonyl (C=O) groups is 1. The lowest BCUT2D eigenvalue weighted by molar-refractivity contribution is -0.384. The molecule has 0 bridgehead atoms. The zero-order valence-electron chi connectivity index (χ0n) is 10.5. The minimum atomic E-state index is -0.974. The SMILES string of the molecule is CC(C)N(CCC(=O)O)c1c(Cl)cncc1[N+](=O)[O-]. The number of anilines is 1. The molecule has 7 nitrogen and oxygen atoms in total. The Kier molecular flexibility index (Phi) is 5.05. The Labute approximate surface area is 115 Å². The molecule has 1 aromatic heterocycles. The Balaban J connectivity index is 3.21. The van der Waals surface area contributed by atoms with Crippen LogP contribution in [0.4, 0.5) is 11.4 Å². The van der Waals surface area contributed by atoms with Crippen LogP contribution in [0.25, 0.3) is 0 Å². The van der Waals surface area contributed by atoms with Gasteiger partial charge in [-0.05, 0) is 13.8 Å². The van der Waals surface area contributed by atoms with Gasteiger partial charge < -0.3 is 10.0 Å². The molecule has 0 unspecified atom stereocenters. The van der Waals surface area contributed by atoms with Crippen LogP contribution >= 0.6 is 11.6 Å². The molecule has 104 valence electrons. The summed E-state index contributed by atoms with van der Waals surface area (Å²) in [6.45, 7) is 3.75. The van der Waals surface area contributed by atoms with Gasteiger partial charge in [0.05, 0.1) is 16.4 Å². The summed E-state index contributed by atoms with van der Waals surface area (Å²) in [6.07, 6.45) is 2.28. The number of aliphatic carboxylic acids is 1. The van der Waals surface area contributed by atoms with Gasteiger partial charge in [-0.3, -0.25) is 19.9 Å². The predicted octanol–water partition coefficient (Wildman–Crippen LogP) is 2.33. The molecule has 0 aliphatic heterocycles. The van der Waals surface area contributed by atoms with Gasteiger partial charge in [-0.1, -0.05) is 11.6 Å². The summed E-state index contributed by atoms with van der Waals surface area (Å²) in [5.74, 6) is -0.974. The van der Waals surface area contributed by atoms with Crippen molar-refractivity contribution in [1.82, 2.24) is 4.98 Å². The summed E-state index contributed by atoms with van der Waals surface area (Å²) >= 11 is 5.97. The topological polar surface area (TPSA) is 96.6 Å². The van der Waals surface area contributed by atoms with E-state index < -0.39 is 10.9 Å². The first-order valence-corrected chi connectivity index (χ1v) is 5.98. The third kappa shape index (κ3) is 3.78. The van der Waals surface area contributed by atoms with E-state index in [0.29, 0.717) is 0 Å². The van der Waals surface area contributed by atoms with Gasteiger partial charge in [0.1, 0.15) is 11.9 Å². The van der Waals surface area contributed by atoms with Gasteiger partial charge in [-0.15, -0.1) is 0 Å². The molecule has 0 radical (unpaired) electrons. The molecule has 0 atom stereocenters. The van der Waals surface area contributed by atoms with Gasteiger partial charge in [0.25, 0.3) is 0 Å². The van der Waals surface area contributed by atoms with E-state index in [0.717, 1.165) is 6.20 Å². The third-order valence-corrected chi connectivity index (χ3v) is 2.80. The van der Waals surface area contributed by atoms with Crippen LogP contribution in [0.15, 0.2) is 12.4 Å². The maximum atomic E-state index is 11.0. The summed E-state index contributed by atoms with van der Waals surface area (Å²) in [5.41, 5.74) is -0.0236. The molecule has 0 aliphatic carbocycles. The average Bonchev–Trinajstić information content (AvgIpc) is 2.29. The molecule has 0 fully saturated rings. The van der Waals surface area contributed by atoms with E-state index in [-0.39, 0.29) is 35.4 Å². The first kappa shape index (κ1) is 15.2. The van der Waals surface area contributed by atoms with Crippen molar-refractivity contribution in [2.75, 3.05) is 11.4 Å². The minimum absolute atomic E-state index is 0.127. The van der Waals surface area contributed by atoms with E-state index >= 15 is 0 Å². The maximum absolute atomic E-state index is 11.0. The zero-order valence-corrected chi connectivity index (χ0v) is 11.3. The van der Waals surface area contributed by atoms with Gasteiger partial charge in [-0.25, -0.2) is 0 Å². The van der Waals surface area contributed by atoms with E-state index in [1.54, 1.807) is 4.90 Å². The second kappa shape index (κ2) is 6.33. The van der Waals surface area contributed by atoms with Crippen molar-refractivity contribution in [3.8, 4) is 0 Å². The number of hydrogen-bond donors (Lipinski definition) is 1. The first-order chi connectivity index (χ1) is 8.84. The lowest BCUT2D eigenvalue weighted by atomic mass is 10.2. The summed E-state index contributed by atoms with van der Waals surface area (Å²) in [7, 11) is 0. The molecule has 1 heterocycles. The predicted molar refractivity (Wildman–Crippen MR) is 70.6 cm³/mol. The molecule has 0 saturated carbocycles. The number of halogens is 1. The summed E-state index contributed by atoms with van der Waals surface area (Å²) in [4.78, 5) is 26.4. The Morgan fingerprint density at radius 3 is 2.68 bits per heavy atom. The third-order valence-electron chi connectivity index (χ3n) is 2.53. The molecule has 0 amide bonds. The van der Waals surface area contributed by atoms with Crippen molar-refractivity contribution in [3.05, 3.63) is 27.5 Å². The van der Waals surface area contributed by atoms with Crippen LogP contribution in [0.5, 0.6) is 0 Å². The summed E-state index contributed by atoms with van der Waals surface area (Å²) in [6, 6.07) is -0.127. The second-order valence-corrected chi connectivity index (χ2v) is 4.58. The first-order valence-electron chi connectivity index (χ1n) is 5.61. The lowest BCUT2D eigenvalue weighted by Crippen LogP contribution is -2.33. The Bertz CT molecular complexity index is 493. The normalized spacial score (nSPS) is 10.5. The van der Waals surface area contributed by atoms with Crippen LogP contribution in [-0.2, 0) is 4.79 Å². The van der Waals surface area contributed by atoms with Crippen LogP contribution < -0.4 is 4.90 Å². The van der Waals surface area contributed by atoms with E-state index in [9.17, 15) is 14.9 Å². The van der Waals surface area contributed by atoms with Crippen molar-refractivity contribution in [1.29, 1.82) is 0 Å². The fourth-order valence-corrected chi connectivity index (χ4v) is 1.94. The number of hydrogen-bond acceptors (Lipinski definition) is 5. The van der Waals surface area contributed by atoms with Gasteiger partial charge in [0.2, 0.25) is 0 Å². The van der Waals surface area contributed by atoms with Crippen molar-refractivity contribution in [3.63, 3.8) is 0 Å². The lowest BCUT2D eigenvalue weighted by Gasteiger charge is -2.28. The number of aromatic nitrogens is 1. The largest absolute Gasteiger partial charge is 0.481 e. The Morgan fingerprint density at radius 2 is 2.21 bits per heavy atom. The number of carboxylic acid groups (broad SMARTS) is 1. The van der Waals surface area contributed by atoms with Gasteiger partial charge >= 0.3 is 11.7 Å². The standard InChI is InChI=1S/C11H14ClN3O4/c1-7(2)14(4-3-10(16)17)11-8(12)5-13-6-9(11)15(18)19/h5-7H,3-4H2,1-2H3,(H,16,17). The van der Waals surface area contributed by atoms with Gasteiger partial charge in [-0.2, -0.15) is 0 Å². The van der Waals surface area contributed by atoms with Crippen molar-refractivity contribution in [2.45, 2.75) is 26.3 Å². The van der Waals surface area contributed by atoms with E-state index in [4.69, 9.17) is 16.7 Å². The molecule has 0 aromatic carbocycles. The second-order valence-electron chi connectivity index (χ2n) is 4.18. The van der Waals surface area contributed by atoms with Gasteiger partial charge in [0, 0.05) is 18.8 Å². The molecule has 1 aromatic rings. The van der Waals surface area contributed by atoms with Crippen LogP contribution in [0, 0.1) is 10.1 Å². The van der Waals surface area contributed by atoms with E-state index in [2.05, 4.69) is 4.98 Å². The highest BCUT2D eigenvalue weighted by Crippen LogP contribution is 2.35. The number of carboxylic acids is 1. The van der Waals surface area contributed by atoms with Crippen LogP contribution in [0.1, 0.15) is 20.3 Å². The Morgan fingerprint density at radius 1 is 1.58 bits per heavy atom. The molecule has 19 heavy (non-hydrogen) atoms. The van der Waals surface area contributed by atoms with E-state index in [1.807, 2.05) is 13.8 Å². The minimum Gasteiger partial charge on any atom is -0.481 e. The monoisotopic (exact) mass is 287 g/mol.